The zero-order valence-electron chi connectivity index (χ0n) is 13.0. The summed E-state index contributed by atoms with van der Waals surface area (Å²) in [6.07, 6.45) is 3.31. The molecular weight excluding hydrogens is 314 g/mol. The first-order valence-electron chi connectivity index (χ1n) is 7.14. The third kappa shape index (κ3) is 4.53. The number of benzene rings is 1. The quantitative estimate of drug-likeness (QED) is 0.827. The summed E-state index contributed by atoms with van der Waals surface area (Å²) in [6.45, 7) is 3.51. The van der Waals surface area contributed by atoms with E-state index in [2.05, 4.69) is 15.6 Å². The molecule has 0 fully saturated rings. The molecule has 0 saturated heterocycles. The Hall–Kier alpha value is -2.40. The molecule has 1 aromatic carbocycles. The van der Waals surface area contributed by atoms with Crippen molar-refractivity contribution in [3.63, 3.8) is 0 Å². The third-order valence-electron chi connectivity index (χ3n) is 3.44. The highest BCUT2D eigenvalue weighted by atomic mass is 35.5. The first kappa shape index (κ1) is 17.0. The first-order chi connectivity index (χ1) is 10.9. The number of amides is 2. The summed E-state index contributed by atoms with van der Waals surface area (Å²) in [6, 6.07) is 10.3. The fraction of sp³-hybridized carbons (Fsp3) is 0.235. The molecule has 1 heterocycles. The van der Waals surface area contributed by atoms with Crippen molar-refractivity contribution in [3.8, 4) is 0 Å². The highest BCUT2D eigenvalue weighted by Gasteiger charge is 2.35. The summed E-state index contributed by atoms with van der Waals surface area (Å²) in [4.78, 5) is 28.6. The van der Waals surface area contributed by atoms with Crippen LogP contribution in [0.4, 0.5) is 5.69 Å². The maximum Gasteiger partial charge on any atom is 0.239 e. The van der Waals surface area contributed by atoms with Gasteiger partial charge in [0, 0.05) is 29.6 Å². The number of halogens is 1. The second-order valence-corrected chi connectivity index (χ2v) is 6.06. The zero-order valence-corrected chi connectivity index (χ0v) is 13.7. The molecule has 1 aromatic heterocycles. The Kier molecular flexibility index (Phi) is 5.34. The molecule has 2 amide bonds. The van der Waals surface area contributed by atoms with E-state index in [1.165, 1.54) is 0 Å². The maximum atomic E-state index is 12.4. The van der Waals surface area contributed by atoms with Crippen molar-refractivity contribution >= 4 is 29.1 Å². The molecule has 0 aliphatic heterocycles. The molecule has 120 valence electrons. The number of rotatable bonds is 5. The maximum absolute atomic E-state index is 12.4. The number of pyridine rings is 1. The summed E-state index contributed by atoms with van der Waals surface area (Å²) in [5.74, 6) is -0.729. The number of carbonyl (C=O) groups excluding carboxylic acids is 2. The van der Waals surface area contributed by atoms with Gasteiger partial charge in [-0.15, -0.1) is 0 Å². The smallest absolute Gasteiger partial charge is 0.239 e. The van der Waals surface area contributed by atoms with Gasteiger partial charge in [-0.05, 0) is 55.8 Å². The minimum absolute atomic E-state index is 0.346. The van der Waals surface area contributed by atoms with Crippen molar-refractivity contribution < 1.29 is 9.59 Å². The lowest BCUT2D eigenvalue weighted by atomic mass is 9.91. The van der Waals surface area contributed by atoms with Crippen molar-refractivity contribution in [2.45, 2.75) is 20.4 Å². The Balaban J connectivity index is 1.97. The van der Waals surface area contributed by atoms with Crippen LogP contribution < -0.4 is 10.6 Å². The molecule has 23 heavy (non-hydrogen) atoms. The molecule has 0 radical (unpaired) electrons. The second-order valence-electron chi connectivity index (χ2n) is 5.62. The summed E-state index contributed by atoms with van der Waals surface area (Å²) in [5, 5.41) is 6.07. The lowest BCUT2D eigenvalue weighted by Gasteiger charge is -2.22. The van der Waals surface area contributed by atoms with E-state index >= 15 is 0 Å². The van der Waals surface area contributed by atoms with Gasteiger partial charge in [0.1, 0.15) is 5.41 Å². The standard InChI is InChI=1S/C17H18ClN3O2/c1-17(2,15(22)20-11-12-7-9-19-10-8-12)16(23)21-14-5-3-13(18)4-6-14/h3-10H,11H2,1-2H3,(H,20,22)(H,21,23). The molecule has 0 saturated carbocycles. The van der Waals surface area contributed by atoms with E-state index in [-0.39, 0.29) is 11.8 Å². The SMILES string of the molecule is CC(C)(C(=O)NCc1ccncc1)C(=O)Nc1ccc(Cl)cc1. The van der Waals surface area contributed by atoms with Crippen LogP contribution in [-0.2, 0) is 16.1 Å². The van der Waals surface area contributed by atoms with Crippen molar-refractivity contribution in [3.05, 3.63) is 59.4 Å². The van der Waals surface area contributed by atoms with Gasteiger partial charge < -0.3 is 10.6 Å². The van der Waals surface area contributed by atoms with E-state index in [1.807, 2.05) is 0 Å². The zero-order chi connectivity index (χ0) is 16.9. The third-order valence-corrected chi connectivity index (χ3v) is 3.69. The molecule has 0 bridgehead atoms. The van der Waals surface area contributed by atoms with E-state index < -0.39 is 5.41 Å². The summed E-state index contributed by atoms with van der Waals surface area (Å²) < 4.78 is 0. The van der Waals surface area contributed by atoms with Gasteiger partial charge in [0.2, 0.25) is 11.8 Å². The Labute approximate surface area is 140 Å². The van der Waals surface area contributed by atoms with Crippen LogP contribution in [0.5, 0.6) is 0 Å². The summed E-state index contributed by atoms with van der Waals surface area (Å²) >= 11 is 5.81. The van der Waals surface area contributed by atoms with Gasteiger partial charge in [0.15, 0.2) is 0 Å². The van der Waals surface area contributed by atoms with Crippen molar-refractivity contribution in [1.82, 2.24) is 10.3 Å². The van der Waals surface area contributed by atoms with Gasteiger partial charge in [-0.1, -0.05) is 11.6 Å². The average Bonchev–Trinajstić information content (AvgIpc) is 2.55. The number of nitrogens with one attached hydrogen (secondary N) is 2. The van der Waals surface area contributed by atoms with Crippen LogP contribution in [0.1, 0.15) is 19.4 Å². The van der Waals surface area contributed by atoms with E-state index in [4.69, 9.17) is 11.6 Å². The van der Waals surface area contributed by atoms with Crippen molar-refractivity contribution in [1.29, 1.82) is 0 Å². The van der Waals surface area contributed by atoms with Crippen LogP contribution in [0.3, 0.4) is 0 Å². The summed E-state index contributed by atoms with van der Waals surface area (Å²) in [5.41, 5.74) is 0.309. The van der Waals surface area contributed by atoms with E-state index in [0.29, 0.717) is 17.3 Å². The lowest BCUT2D eigenvalue weighted by molar-refractivity contribution is -0.138. The summed E-state index contributed by atoms with van der Waals surface area (Å²) in [7, 11) is 0. The average molecular weight is 332 g/mol. The van der Waals surface area contributed by atoms with Gasteiger partial charge in [-0.25, -0.2) is 0 Å². The van der Waals surface area contributed by atoms with Gasteiger partial charge in [-0.2, -0.15) is 0 Å². The van der Waals surface area contributed by atoms with Crippen LogP contribution in [0.15, 0.2) is 48.8 Å². The predicted molar refractivity (Wildman–Crippen MR) is 89.9 cm³/mol. The molecule has 6 heteroatoms. The fourth-order valence-corrected chi connectivity index (χ4v) is 1.95. The molecular formula is C17H18ClN3O2. The van der Waals surface area contributed by atoms with Gasteiger partial charge in [0.25, 0.3) is 0 Å². The normalized spacial score (nSPS) is 10.9. The highest BCUT2D eigenvalue weighted by molar-refractivity contribution is 6.30. The Bertz CT molecular complexity index is 685. The van der Waals surface area contributed by atoms with Gasteiger partial charge in [0.05, 0.1) is 0 Å². The topological polar surface area (TPSA) is 71.1 Å². The monoisotopic (exact) mass is 331 g/mol. The van der Waals surface area contributed by atoms with E-state index in [0.717, 1.165) is 5.56 Å². The molecule has 5 nitrogen and oxygen atoms in total. The van der Waals surface area contributed by atoms with Crippen LogP contribution >= 0.6 is 11.6 Å². The molecule has 0 unspecified atom stereocenters. The van der Waals surface area contributed by atoms with Crippen LogP contribution in [-0.4, -0.2) is 16.8 Å². The number of aromatic nitrogens is 1. The molecule has 0 atom stereocenters. The molecule has 0 aliphatic carbocycles. The molecule has 0 spiro atoms. The number of hydrogen-bond donors (Lipinski definition) is 2. The molecule has 2 aromatic rings. The van der Waals surface area contributed by atoms with E-state index in [1.54, 1.807) is 62.6 Å². The first-order valence-corrected chi connectivity index (χ1v) is 7.51. The Morgan fingerprint density at radius 2 is 1.65 bits per heavy atom. The minimum atomic E-state index is -1.20. The molecule has 2 N–H and O–H groups in total. The van der Waals surface area contributed by atoms with E-state index in [9.17, 15) is 9.59 Å². The van der Waals surface area contributed by atoms with Gasteiger partial charge >= 0.3 is 0 Å². The highest BCUT2D eigenvalue weighted by Crippen LogP contribution is 2.20. The largest absolute Gasteiger partial charge is 0.351 e. The number of anilines is 1. The van der Waals surface area contributed by atoms with Crippen molar-refractivity contribution in [2.24, 2.45) is 5.41 Å². The second kappa shape index (κ2) is 7.24. The predicted octanol–water partition coefficient (Wildman–Crippen LogP) is 3.02. The Morgan fingerprint density at radius 3 is 2.26 bits per heavy atom. The molecule has 0 aliphatic rings. The fourth-order valence-electron chi connectivity index (χ4n) is 1.83. The van der Waals surface area contributed by atoms with Gasteiger partial charge in [-0.3, -0.25) is 14.6 Å². The van der Waals surface area contributed by atoms with Crippen LogP contribution in [0, 0.1) is 5.41 Å². The Morgan fingerprint density at radius 1 is 1.04 bits per heavy atom. The lowest BCUT2D eigenvalue weighted by Crippen LogP contribution is -2.44. The van der Waals surface area contributed by atoms with Crippen molar-refractivity contribution in [2.75, 3.05) is 5.32 Å². The minimum Gasteiger partial charge on any atom is -0.351 e. The number of nitrogens with zero attached hydrogens (tertiary/aromatic N) is 1. The van der Waals surface area contributed by atoms with Crippen LogP contribution in [0.25, 0.3) is 0 Å². The number of carbonyl (C=O) groups is 2. The molecule has 2 rings (SSSR count). The number of hydrogen-bond acceptors (Lipinski definition) is 3. The van der Waals surface area contributed by atoms with Crippen LogP contribution in [0.2, 0.25) is 5.02 Å².